The summed E-state index contributed by atoms with van der Waals surface area (Å²) in [4.78, 5) is 12.3. The second-order valence-corrected chi connectivity index (χ2v) is 4.59. The fourth-order valence-corrected chi connectivity index (χ4v) is 1.98. The first-order valence-corrected chi connectivity index (χ1v) is 6.05. The lowest BCUT2D eigenvalue weighted by Crippen LogP contribution is -2.06. The van der Waals surface area contributed by atoms with Crippen molar-refractivity contribution >= 4 is 17.4 Å². The fraction of sp³-hybridized carbons (Fsp3) is 0.133. The van der Waals surface area contributed by atoms with Crippen LogP contribution in [0.15, 0.2) is 36.4 Å². The van der Waals surface area contributed by atoms with E-state index < -0.39 is 11.6 Å². The molecule has 19 heavy (non-hydrogen) atoms. The number of aryl methyl sites for hydroxylation is 1. The topological polar surface area (TPSA) is 26.3 Å². The predicted molar refractivity (Wildman–Crippen MR) is 72.6 cm³/mol. The van der Waals surface area contributed by atoms with Crippen LogP contribution in [-0.2, 0) is 0 Å². The van der Waals surface area contributed by atoms with Crippen molar-refractivity contribution in [1.82, 2.24) is 0 Å². The van der Waals surface area contributed by atoms with Gasteiger partial charge in [0.1, 0.15) is 11.6 Å². The van der Waals surface area contributed by atoms with E-state index in [1.54, 1.807) is 25.1 Å². The zero-order valence-electron chi connectivity index (χ0n) is 10.5. The Morgan fingerprint density at radius 2 is 1.89 bits per heavy atom. The highest BCUT2D eigenvalue weighted by molar-refractivity contribution is 6.31. The number of hydrogen-bond acceptors (Lipinski definition) is 2. The predicted octanol–water partition coefficient (Wildman–Crippen LogP) is 4.03. The number of halogens is 2. The van der Waals surface area contributed by atoms with E-state index >= 15 is 0 Å². The number of ether oxygens (including phenoxy) is 1. The molecule has 4 heteroatoms. The molecule has 0 atom stereocenters. The molecule has 2 aromatic carbocycles. The fourth-order valence-electron chi connectivity index (χ4n) is 1.81. The van der Waals surface area contributed by atoms with E-state index in [-0.39, 0.29) is 11.1 Å². The minimum atomic E-state index is -0.549. The van der Waals surface area contributed by atoms with Crippen molar-refractivity contribution < 1.29 is 13.9 Å². The van der Waals surface area contributed by atoms with Crippen LogP contribution in [0.1, 0.15) is 21.5 Å². The molecular weight excluding hydrogens is 267 g/mol. The van der Waals surface area contributed by atoms with Gasteiger partial charge >= 0.3 is 0 Å². The number of carbonyl (C=O) groups excluding carboxylic acids is 1. The summed E-state index contributed by atoms with van der Waals surface area (Å²) in [6.45, 7) is 1.76. The van der Waals surface area contributed by atoms with E-state index in [1.807, 2.05) is 0 Å². The van der Waals surface area contributed by atoms with Gasteiger partial charge in [0.15, 0.2) is 5.78 Å². The van der Waals surface area contributed by atoms with Gasteiger partial charge in [-0.2, -0.15) is 0 Å². The first kappa shape index (κ1) is 13.6. The molecule has 2 aromatic rings. The third-order valence-corrected chi connectivity index (χ3v) is 3.01. The van der Waals surface area contributed by atoms with Gasteiger partial charge in [-0.1, -0.05) is 17.7 Å². The Labute approximate surface area is 115 Å². The lowest BCUT2D eigenvalue weighted by molar-refractivity contribution is 0.103. The number of methoxy groups -OCH3 is 1. The third-order valence-electron chi connectivity index (χ3n) is 2.78. The average Bonchev–Trinajstić information content (AvgIpc) is 2.38. The van der Waals surface area contributed by atoms with Crippen LogP contribution in [0, 0.1) is 12.7 Å². The molecule has 0 spiro atoms. The van der Waals surface area contributed by atoms with Gasteiger partial charge in [-0.25, -0.2) is 4.39 Å². The molecule has 0 aliphatic carbocycles. The molecule has 0 saturated heterocycles. The maximum absolute atomic E-state index is 13.8. The normalized spacial score (nSPS) is 10.3. The Balaban J connectivity index is 2.52. The van der Waals surface area contributed by atoms with Crippen LogP contribution in [0.3, 0.4) is 0 Å². The first-order valence-electron chi connectivity index (χ1n) is 5.67. The number of rotatable bonds is 3. The van der Waals surface area contributed by atoms with Crippen LogP contribution in [0.5, 0.6) is 5.75 Å². The SMILES string of the molecule is COc1ccc(Cl)cc1C(=O)c1ccc(C)cc1F. The van der Waals surface area contributed by atoms with Crippen LogP contribution in [0.4, 0.5) is 4.39 Å². The molecule has 0 heterocycles. The number of hydrogen-bond donors (Lipinski definition) is 0. The molecule has 0 unspecified atom stereocenters. The second kappa shape index (κ2) is 5.41. The largest absolute Gasteiger partial charge is 0.496 e. The molecule has 0 radical (unpaired) electrons. The first-order chi connectivity index (χ1) is 9.02. The summed E-state index contributed by atoms with van der Waals surface area (Å²) in [5.41, 5.74) is 1.01. The van der Waals surface area contributed by atoms with Crippen molar-refractivity contribution in [2.75, 3.05) is 7.11 Å². The Kier molecular flexibility index (Phi) is 3.86. The van der Waals surface area contributed by atoms with Crippen molar-refractivity contribution in [3.63, 3.8) is 0 Å². The lowest BCUT2D eigenvalue weighted by atomic mass is 10.0. The van der Waals surface area contributed by atoms with Crippen LogP contribution < -0.4 is 4.74 Å². The van der Waals surface area contributed by atoms with Crippen molar-refractivity contribution in [3.05, 3.63) is 63.9 Å². The average molecular weight is 279 g/mol. The molecule has 2 nitrogen and oxygen atoms in total. The van der Waals surface area contributed by atoms with Gasteiger partial charge in [0.25, 0.3) is 0 Å². The minimum Gasteiger partial charge on any atom is -0.496 e. The highest BCUT2D eigenvalue weighted by Gasteiger charge is 2.18. The molecule has 0 aliphatic heterocycles. The van der Waals surface area contributed by atoms with Crippen LogP contribution in [-0.4, -0.2) is 12.9 Å². The maximum Gasteiger partial charge on any atom is 0.199 e. The number of ketones is 1. The highest BCUT2D eigenvalue weighted by atomic mass is 35.5. The molecule has 0 fully saturated rings. The Hall–Kier alpha value is -1.87. The Bertz CT molecular complexity index is 638. The molecule has 0 aliphatic rings. The summed E-state index contributed by atoms with van der Waals surface area (Å²) >= 11 is 5.87. The van der Waals surface area contributed by atoms with Crippen LogP contribution in [0.25, 0.3) is 0 Å². The molecule has 2 rings (SSSR count). The van der Waals surface area contributed by atoms with Crippen molar-refractivity contribution in [2.45, 2.75) is 6.92 Å². The quantitative estimate of drug-likeness (QED) is 0.793. The summed E-state index contributed by atoms with van der Waals surface area (Å²) in [7, 11) is 1.45. The number of carbonyl (C=O) groups is 1. The highest BCUT2D eigenvalue weighted by Crippen LogP contribution is 2.26. The zero-order valence-corrected chi connectivity index (χ0v) is 11.3. The molecule has 0 bridgehead atoms. The monoisotopic (exact) mass is 278 g/mol. The molecule has 0 saturated carbocycles. The van der Waals surface area contributed by atoms with Gasteiger partial charge in [-0.15, -0.1) is 0 Å². The summed E-state index contributed by atoms with van der Waals surface area (Å²) in [5, 5.41) is 0.400. The third kappa shape index (κ3) is 2.76. The molecule has 98 valence electrons. The molecular formula is C15H12ClFO2. The minimum absolute atomic E-state index is 0.00571. The lowest BCUT2D eigenvalue weighted by Gasteiger charge is -2.09. The molecule has 0 N–H and O–H groups in total. The summed E-state index contributed by atoms with van der Waals surface area (Å²) in [6.07, 6.45) is 0. The Morgan fingerprint density at radius 1 is 1.16 bits per heavy atom. The van der Waals surface area contributed by atoms with Crippen LogP contribution >= 0.6 is 11.6 Å². The molecule has 0 aromatic heterocycles. The molecule has 0 amide bonds. The van der Waals surface area contributed by atoms with E-state index in [0.717, 1.165) is 5.56 Å². The van der Waals surface area contributed by atoms with E-state index in [0.29, 0.717) is 10.8 Å². The van der Waals surface area contributed by atoms with E-state index in [1.165, 1.54) is 25.3 Å². The van der Waals surface area contributed by atoms with Gasteiger partial charge in [0, 0.05) is 5.02 Å². The van der Waals surface area contributed by atoms with Gasteiger partial charge in [-0.3, -0.25) is 4.79 Å². The number of benzene rings is 2. The van der Waals surface area contributed by atoms with E-state index in [9.17, 15) is 9.18 Å². The van der Waals surface area contributed by atoms with Gasteiger partial charge in [0.05, 0.1) is 18.2 Å². The summed E-state index contributed by atoms with van der Waals surface area (Å²) in [5.74, 6) is -0.627. The van der Waals surface area contributed by atoms with E-state index in [4.69, 9.17) is 16.3 Å². The Morgan fingerprint density at radius 3 is 2.53 bits per heavy atom. The second-order valence-electron chi connectivity index (χ2n) is 4.16. The summed E-state index contributed by atoms with van der Waals surface area (Å²) in [6, 6.07) is 9.15. The smallest absolute Gasteiger partial charge is 0.199 e. The summed E-state index contributed by atoms with van der Waals surface area (Å²) < 4.78 is 18.9. The zero-order chi connectivity index (χ0) is 14.0. The van der Waals surface area contributed by atoms with Crippen LogP contribution in [0.2, 0.25) is 5.02 Å². The van der Waals surface area contributed by atoms with Gasteiger partial charge in [-0.05, 0) is 42.8 Å². The van der Waals surface area contributed by atoms with Gasteiger partial charge < -0.3 is 4.74 Å². The van der Waals surface area contributed by atoms with Crippen molar-refractivity contribution in [2.24, 2.45) is 0 Å². The van der Waals surface area contributed by atoms with E-state index in [2.05, 4.69) is 0 Å². The van der Waals surface area contributed by atoms with Gasteiger partial charge in [0.2, 0.25) is 0 Å². The van der Waals surface area contributed by atoms with Crippen molar-refractivity contribution in [3.8, 4) is 5.75 Å². The van der Waals surface area contributed by atoms with Crippen molar-refractivity contribution in [1.29, 1.82) is 0 Å². The maximum atomic E-state index is 13.8. The standard InChI is InChI=1S/C15H12ClFO2/c1-9-3-5-11(13(17)7-9)15(18)12-8-10(16)4-6-14(12)19-2/h3-8H,1-2H3.